The Bertz CT molecular complexity index is 998. The van der Waals surface area contributed by atoms with Crippen molar-refractivity contribution in [1.29, 1.82) is 0 Å². The lowest BCUT2D eigenvalue weighted by Gasteiger charge is -2.34. The van der Waals surface area contributed by atoms with Crippen LogP contribution in [0, 0.1) is 5.92 Å². The van der Waals surface area contributed by atoms with Gasteiger partial charge in [0.2, 0.25) is 0 Å². The van der Waals surface area contributed by atoms with Crippen LogP contribution in [0.5, 0.6) is 0 Å². The molecule has 3 atom stereocenters. The smallest absolute Gasteiger partial charge is 0.331 e. The Hall–Kier alpha value is -3.24. The van der Waals surface area contributed by atoms with E-state index in [1.165, 1.54) is 0 Å². The zero-order valence-electron chi connectivity index (χ0n) is 19.3. The summed E-state index contributed by atoms with van der Waals surface area (Å²) in [4.78, 5) is 18.6. The summed E-state index contributed by atoms with van der Waals surface area (Å²) in [5.74, 6) is -0.232. The van der Waals surface area contributed by atoms with Crippen LogP contribution in [0.2, 0.25) is 0 Å². The molecule has 1 aliphatic heterocycles. The average Bonchev–Trinajstić information content (AvgIpc) is 2.84. The molecule has 0 spiro atoms. The van der Waals surface area contributed by atoms with Crippen LogP contribution in [0.15, 0.2) is 96.0 Å². The molecule has 4 rings (SSSR count). The molecule has 0 unspecified atom stereocenters. The average molecular weight is 442 g/mol. The number of esters is 1. The summed E-state index contributed by atoms with van der Waals surface area (Å²) in [5, 5.41) is 0. The van der Waals surface area contributed by atoms with Gasteiger partial charge in [0.15, 0.2) is 6.04 Å². The molecule has 0 N–H and O–H groups in total. The Labute approximate surface area is 196 Å². The van der Waals surface area contributed by atoms with E-state index in [1.54, 1.807) is 0 Å². The third-order valence-electron chi connectivity index (χ3n) is 6.01. The van der Waals surface area contributed by atoms with E-state index in [-0.39, 0.29) is 30.7 Å². The van der Waals surface area contributed by atoms with Gasteiger partial charge in [0.05, 0.1) is 17.9 Å². The highest BCUT2D eigenvalue weighted by atomic mass is 16.5. The predicted molar refractivity (Wildman–Crippen MR) is 131 cm³/mol. The summed E-state index contributed by atoms with van der Waals surface area (Å²) < 4.78 is 11.7. The van der Waals surface area contributed by atoms with Crippen LogP contribution in [0.4, 0.5) is 0 Å². The SMILES string of the molecule is C[C@@H]1CC([C@@H](N=C(c2ccccc2)c2ccccc2)C(=O)OCc2ccccc2)C[C@@H](C)O1. The third-order valence-corrected chi connectivity index (χ3v) is 6.01. The molecule has 170 valence electrons. The van der Waals surface area contributed by atoms with Gasteiger partial charge in [0.25, 0.3) is 0 Å². The topological polar surface area (TPSA) is 47.9 Å². The van der Waals surface area contributed by atoms with Crippen molar-refractivity contribution in [3.8, 4) is 0 Å². The summed E-state index contributed by atoms with van der Waals surface area (Å²) in [6, 6.07) is 29.3. The monoisotopic (exact) mass is 441 g/mol. The van der Waals surface area contributed by atoms with Crippen LogP contribution >= 0.6 is 0 Å². The normalized spacial score (nSPS) is 21.1. The molecule has 1 aliphatic rings. The Morgan fingerprint density at radius 1 is 0.848 bits per heavy atom. The van der Waals surface area contributed by atoms with Crippen molar-refractivity contribution in [3.63, 3.8) is 0 Å². The minimum atomic E-state index is -0.599. The van der Waals surface area contributed by atoms with Gasteiger partial charge in [-0.2, -0.15) is 0 Å². The largest absolute Gasteiger partial charge is 0.459 e. The van der Waals surface area contributed by atoms with Gasteiger partial charge in [0.1, 0.15) is 6.61 Å². The van der Waals surface area contributed by atoms with Crippen LogP contribution in [-0.4, -0.2) is 29.9 Å². The van der Waals surface area contributed by atoms with E-state index in [2.05, 4.69) is 13.8 Å². The number of aliphatic imine (C=N–C) groups is 1. The number of rotatable bonds is 7. The highest BCUT2D eigenvalue weighted by Gasteiger charge is 2.36. The second kappa shape index (κ2) is 11.1. The molecule has 33 heavy (non-hydrogen) atoms. The number of benzene rings is 3. The van der Waals surface area contributed by atoms with Gasteiger partial charge in [-0.15, -0.1) is 0 Å². The van der Waals surface area contributed by atoms with E-state index < -0.39 is 6.04 Å². The molecule has 4 nitrogen and oxygen atoms in total. The van der Waals surface area contributed by atoms with Crippen molar-refractivity contribution in [2.45, 2.75) is 51.5 Å². The lowest BCUT2D eigenvalue weighted by molar-refractivity contribution is -0.150. The van der Waals surface area contributed by atoms with Crippen molar-refractivity contribution >= 4 is 11.7 Å². The van der Waals surface area contributed by atoms with Crippen molar-refractivity contribution in [2.75, 3.05) is 0 Å². The van der Waals surface area contributed by atoms with Gasteiger partial charge in [0, 0.05) is 11.1 Å². The molecule has 0 saturated carbocycles. The predicted octanol–water partition coefficient (Wildman–Crippen LogP) is 5.84. The second-order valence-electron chi connectivity index (χ2n) is 8.74. The molecule has 1 saturated heterocycles. The molecule has 3 aromatic rings. The maximum absolute atomic E-state index is 13.5. The first kappa shape index (κ1) is 22.9. The van der Waals surface area contributed by atoms with Crippen molar-refractivity contribution in [3.05, 3.63) is 108 Å². The first-order chi connectivity index (χ1) is 16.1. The highest BCUT2D eigenvalue weighted by molar-refractivity contribution is 6.13. The fraction of sp³-hybridized carbons (Fsp3) is 0.310. The van der Waals surface area contributed by atoms with Crippen LogP contribution in [0.25, 0.3) is 0 Å². The van der Waals surface area contributed by atoms with Gasteiger partial charge in [-0.05, 0) is 38.2 Å². The number of ether oxygens (including phenoxy) is 2. The molecule has 4 heteroatoms. The standard InChI is InChI=1S/C29H31NO3/c1-21-18-26(19-22(2)33-21)28(29(31)32-20-23-12-6-3-7-13-23)30-27(24-14-8-4-9-15-24)25-16-10-5-11-17-25/h3-17,21-22,26,28H,18-20H2,1-2H3/t21-,22-,28-/m1/s1. The van der Waals surface area contributed by atoms with E-state index in [1.807, 2.05) is 91.0 Å². The lowest BCUT2D eigenvalue weighted by atomic mass is 9.86. The van der Waals surface area contributed by atoms with Gasteiger partial charge in [-0.1, -0.05) is 91.0 Å². The number of nitrogens with zero attached hydrogens (tertiary/aromatic N) is 1. The maximum atomic E-state index is 13.5. The van der Waals surface area contributed by atoms with Gasteiger partial charge >= 0.3 is 5.97 Å². The summed E-state index contributed by atoms with van der Waals surface area (Å²) in [5.41, 5.74) is 3.74. The molecule has 0 bridgehead atoms. The fourth-order valence-electron chi connectivity index (χ4n) is 4.53. The summed E-state index contributed by atoms with van der Waals surface area (Å²) >= 11 is 0. The van der Waals surface area contributed by atoms with Gasteiger partial charge in [-0.3, -0.25) is 4.99 Å². The Balaban J connectivity index is 1.70. The summed E-state index contributed by atoms with van der Waals surface area (Å²) in [6.07, 6.45) is 1.71. The van der Waals surface area contributed by atoms with E-state index in [0.29, 0.717) is 0 Å². The Kier molecular flexibility index (Phi) is 7.69. The molecule has 1 fully saturated rings. The lowest BCUT2D eigenvalue weighted by Crippen LogP contribution is -2.39. The second-order valence-corrected chi connectivity index (χ2v) is 8.74. The minimum absolute atomic E-state index is 0.0504. The third kappa shape index (κ3) is 6.17. The van der Waals surface area contributed by atoms with Crippen LogP contribution in [0.1, 0.15) is 43.4 Å². The first-order valence-corrected chi connectivity index (χ1v) is 11.6. The summed E-state index contributed by atoms with van der Waals surface area (Å²) in [6.45, 7) is 4.37. The first-order valence-electron chi connectivity index (χ1n) is 11.6. The Morgan fingerprint density at radius 3 is 1.85 bits per heavy atom. The van der Waals surface area contributed by atoms with E-state index >= 15 is 0 Å². The van der Waals surface area contributed by atoms with E-state index in [4.69, 9.17) is 14.5 Å². The van der Waals surface area contributed by atoms with Crippen molar-refractivity contribution in [2.24, 2.45) is 10.9 Å². The Morgan fingerprint density at radius 2 is 1.33 bits per heavy atom. The molecule has 3 aromatic carbocycles. The molecule has 0 aromatic heterocycles. The number of hydrogen-bond acceptors (Lipinski definition) is 4. The highest BCUT2D eigenvalue weighted by Crippen LogP contribution is 2.30. The van der Waals surface area contributed by atoms with Crippen molar-refractivity contribution in [1.82, 2.24) is 0 Å². The van der Waals surface area contributed by atoms with Crippen LogP contribution in [-0.2, 0) is 20.9 Å². The number of carbonyl (C=O) groups is 1. The fourth-order valence-corrected chi connectivity index (χ4v) is 4.53. The summed E-state index contributed by atoms with van der Waals surface area (Å²) in [7, 11) is 0. The van der Waals surface area contributed by atoms with E-state index in [9.17, 15) is 4.79 Å². The quantitative estimate of drug-likeness (QED) is 0.342. The van der Waals surface area contributed by atoms with Crippen LogP contribution < -0.4 is 0 Å². The van der Waals surface area contributed by atoms with E-state index in [0.717, 1.165) is 35.2 Å². The van der Waals surface area contributed by atoms with Crippen molar-refractivity contribution < 1.29 is 14.3 Å². The zero-order valence-corrected chi connectivity index (χ0v) is 19.3. The number of carbonyl (C=O) groups excluding carboxylic acids is 1. The van der Waals surface area contributed by atoms with Gasteiger partial charge in [-0.25, -0.2) is 4.79 Å². The molecular formula is C29H31NO3. The molecule has 0 radical (unpaired) electrons. The zero-order chi connectivity index (χ0) is 23.0. The molecule has 0 aliphatic carbocycles. The molecule has 0 amide bonds. The minimum Gasteiger partial charge on any atom is -0.459 e. The molecule has 1 heterocycles. The number of hydrogen-bond donors (Lipinski definition) is 0. The van der Waals surface area contributed by atoms with Gasteiger partial charge < -0.3 is 9.47 Å². The van der Waals surface area contributed by atoms with Crippen LogP contribution in [0.3, 0.4) is 0 Å². The maximum Gasteiger partial charge on any atom is 0.331 e. The molecular weight excluding hydrogens is 410 g/mol.